The first-order chi connectivity index (χ1) is 8.13. The van der Waals surface area contributed by atoms with E-state index in [0.717, 1.165) is 0 Å². The number of carboxylic acid groups (broad SMARTS) is 1. The van der Waals surface area contributed by atoms with Gasteiger partial charge in [0.15, 0.2) is 6.61 Å². The highest BCUT2D eigenvalue weighted by Gasteiger charge is 2.06. The van der Waals surface area contributed by atoms with Crippen LogP contribution in [-0.2, 0) is 9.63 Å². The Bertz CT molecular complexity index is 467. The molecule has 0 aliphatic carbocycles. The Kier molecular flexibility index (Phi) is 4.47. The van der Waals surface area contributed by atoms with Crippen molar-refractivity contribution in [1.29, 1.82) is 5.26 Å². The SMILES string of the molecule is N#Cc1ccccc1NC(=O)NOCC(=O)O. The number of nitrogens with one attached hydrogen (secondary N) is 2. The smallest absolute Gasteiger partial charge is 0.343 e. The molecule has 0 aromatic heterocycles. The van der Waals surface area contributed by atoms with Gasteiger partial charge in [-0.2, -0.15) is 5.26 Å². The molecular weight excluding hydrogens is 226 g/mol. The highest BCUT2D eigenvalue weighted by molar-refractivity contribution is 5.90. The zero-order valence-electron chi connectivity index (χ0n) is 8.64. The minimum absolute atomic E-state index is 0.292. The van der Waals surface area contributed by atoms with Crippen LogP contribution in [-0.4, -0.2) is 23.7 Å². The van der Waals surface area contributed by atoms with Crippen LogP contribution < -0.4 is 10.8 Å². The molecule has 0 heterocycles. The van der Waals surface area contributed by atoms with Crippen molar-refractivity contribution in [3.8, 4) is 6.07 Å². The van der Waals surface area contributed by atoms with E-state index in [-0.39, 0.29) is 0 Å². The van der Waals surface area contributed by atoms with Crippen molar-refractivity contribution in [2.24, 2.45) is 0 Å². The zero-order valence-corrected chi connectivity index (χ0v) is 8.64. The van der Waals surface area contributed by atoms with Crippen LogP contribution in [0.4, 0.5) is 10.5 Å². The number of amides is 2. The first-order valence-corrected chi connectivity index (χ1v) is 4.53. The summed E-state index contributed by atoms with van der Waals surface area (Å²) in [5.41, 5.74) is 2.48. The highest BCUT2D eigenvalue weighted by atomic mass is 16.7. The summed E-state index contributed by atoms with van der Waals surface area (Å²) in [5.74, 6) is -1.21. The Morgan fingerprint density at radius 2 is 2.12 bits per heavy atom. The summed E-state index contributed by atoms with van der Waals surface area (Å²) in [4.78, 5) is 25.7. The van der Waals surface area contributed by atoms with Gasteiger partial charge in [-0.3, -0.25) is 4.84 Å². The molecule has 1 aromatic carbocycles. The molecule has 88 valence electrons. The van der Waals surface area contributed by atoms with Gasteiger partial charge in [0.25, 0.3) is 0 Å². The van der Waals surface area contributed by atoms with E-state index >= 15 is 0 Å². The van der Waals surface area contributed by atoms with Crippen molar-refractivity contribution in [1.82, 2.24) is 5.48 Å². The van der Waals surface area contributed by atoms with Crippen LogP contribution in [0, 0.1) is 11.3 Å². The Balaban J connectivity index is 2.51. The molecule has 7 nitrogen and oxygen atoms in total. The van der Waals surface area contributed by atoms with Crippen LogP contribution >= 0.6 is 0 Å². The maximum atomic E-state index is 11.2. The largest absolute Gasteiger partial charge is 0.479 e. The van der Waals surface area contributed by atoms with Crippen molar-refractivity contribution in [2.75, 3.05) is 11.9 Å². The summed E-state index contributed by atoms with van der Waals surface area (Å²) in [6.07, 6.45) is 0. The van der Waals surface area contributed by atoms with Crippen molar-refractivity contribution in [2.45, 2.75) is 0 Å². The number of nitrogens with zero attached hydrogens (tertiary/aromatic N) is 1. The van der Waals surface area contributed by atoms with Crippen LogP contribution in [0.5, 0.6) is 0 Å². The lowest BCUT2D eigenvalue weighted by molar-refractivity contribution is -0.143. The predicted molar refractivity (Wildman–Crippen MR) is 56.9 cm³/mol. The minimum Gasteiger partial charge on any atom is -0.479 e. The van der Waals surface area contributed by atoms with Crippen molar-refractivity contribution >= 4 is 17.7 Å². The lowest BCUT2D eigenvalue weighted by Gasteiger charge is -2.07. The van der Waals surface area contributed by atoms with Gasteiger partial charge in [-0.1, -0.05) is 12.1 Å². The zero-order chi connectivity index (χ0) is 12.7. The van der Waals surface area contributed by atoms with Crippen LogP contribution in [0.25, 0.3) is 0 Å². The predicted octanol–water partition coefficient (Wildman–Crippen LogP) is 0.696. The molecule has 1 rings (SSSR count). The first kappa shape index (κ1) is 12.5. The molecule has 0 unspecified atom stereocenters. The second kappa shape index (κ2) is 6.09. The number of hydroxylamine groups is 1. The van der Waals surface area contributed by atoms with Crippen LogP contribution in [0.1, 0.15) is 5.56 Å². The number of benzene rings is 1. The van der Waals surface area contributed by atoms with Gasteiger partial charge in [0.05, 0.1) is 11.3 Å². The molecule has 0 fully saturated rings. The molecule has 1 aromatic rings. The summed E-state index contributed by atoms with van der Waals surface area (Å²) in [6, 6.07) is 7.52. The number of rotatable bonds is 4. The van der Waals surface area contributed by atoms with Gasteiger partial charge in [0.1, 0.15) is 6.07 Å². The van der Waals surface area contributed by atoms with Crippen molar-refractivity contribution in [3.63, 3.8) is 0 Å². The maximum absolute atomic E-state index is 11.2. The van der Waals surface area contributed by atoms with Crippen LogP contribution in [0.15, 0.2) is 24.3 Å². The molecule has 2 amide bonds. The van der Waals surface area contributed by atoms with Gasteiger partial charge in [0, 0.05) is 0 Å². The maximum Gasteiger partial charge on any atom is 0.343 e. The second-order valence-corrected chi connectivity index (χ2v) is 2.90. The molecule has 3 N–H and O–H groups in total. The topological polar surface area (TPSA) is 111 Å². The molecule has 0 aliphatic rings. The molecule has 0 bridgehead atoms. The number of para-hydroxylation sites is 1. The molecule has 0 radical (unpaired) electrons. The average molecular weight is 235 g/mol. The minimum atomic E-state index is -1.21. The van der Waals surface area contributed by atoms with Gasteiger partial charge >= 0.3 is 12.0 Å². The van der Waals surface area contributed by atoms with E-state index < -0.39 is 18.6 Å². The number of carboxylic acids is 1. The monoisotopic (exact) mass is 235 g/mol. The van der Waals surface area contributed by atoms with Crippen molar-refractivity contribution in [3.05, 3.63) is 29.8 Å². The number of urea groups is 1. The fourth-order valence-electron chi connectivity index (χ4n) is 1.00. The van der Waals surface area contributed by atoms with Gasteiger partial charge in [0.2, 0.25) is 0 Å². The molecule has 0 aliphatic heterocycles. The third-order valence-corrected chi connectivity index (χ3v) is 1.66. The second-order valence-electron chi connectivity index (χ2n) is 2.90. The normalized spacial score (nSPS) is 9.12. The molecule has 17 heavy (non-hydrogen) atoms. The fourth-order valence-corrected chi connectivity index (χ4v) is 1.00. The summed E-state index contributed by atoms with van der Waals surface area (Å²) < 4.78 is 0. The number of nitriles is 1. The number of anilines is 1. The first-order valence-electron chi connectivity index (χ1n) is 4.53. The molecule has 0 saturated carbocycles. The summed E-state index contributed by atoms with van der Waals surface area (Å²) >= 11 is 0. The quantitative estimate of drug-likeness (QED) is 0.665. The number of carbonyl (C=O) groups is 2. The van der Waals surface area contributed by atoms with Gasteiger partial charge < -0.3 is 10.4 Å². The lowest BCUT2D eigenvalue weighted by Crippen LogP contribution is -2.31. The Morgan fingerprint density at radius 1 is 1.41 bits per heavy atom. The van der Waals surface area contributed by atoms with E-state index in [1.54, 1.807) is 12.1 Å². The summed E-state index contributed by atoms with van der Waals surface area (Å²) in [5, 5.41) is 19.4. The Morgan fingerprint density at radius 3 is 2.76 bits per heavy atom. The van der Waals surface area contributed by atoms with E-state index in [0.29, 0.717) is 11.3 Å². The standard InChI is InChI=1S/C10H9N3O4/c11-5-7-3-1-2-4-8(7)12-10(16)13-17-6-9(14)15/h1-4H,6H2,(H,14,15)(H2,12,13,16). The lowest BCUT2D eigenvalue weighted by atomic mass is 10.2. The fraction of sp³-hybridized carbons (Fsp3) is 0.100. The third kappa shape index (κ3) is 4.19. The van der Waals surface area contributed by atoms with E-state index in [1.165, 1.54) is 12.1 Å². The van der Waals surface area contributed by atoms with Crippen LogP contribution in [0.2, 0.25) is 0 Å². The van der Waals surface area contributed by atoms with E-state index in [2.05, 4.69) is 10.2 Å². The van der Waals surface area contributed by atoms with E-state index in [4.69, 9.17) is 10.4 Å². The van der Waals surface area contributed by atoms with Gasteiger partial charge in [-0.05, 0) is 12.1 Å². The summed E-state index contributed by atoms with van der Waals surface area (Å²) in [7, 11) is 0. The summed E-state index contributed by atoms with van der Waals surface area (Å²) in [6.45, 7) is -0.646. The number of aliphatic carboxylic acids is 1. The third-order valence-electron chi connectivity index (χ3n) is 1.66. The van der Waals surface area contributed by atoms with Gasteiger partial charge in [-0.15, -0.1) is 0 Å². The Labute approximate surface area is 96.6 Å². The van der Waals surface area contributed by atoms with E-state index in [9.17, 15) is 9.59 Å². The number of hydrogen-bond donors (Lipinski definition) is 3. The molecule has 7 heteroatoms. The Hall–Kier alpha value is -2.59. The average Bonchev–Trinajstić information content (AvgIpc) is 2.29. The van der Waals surface area contributed by atoms with Crippen LogP contribution in [0.3, 0.4) is 0 Å². The number of hydrogen-bond acceptors (Lipinski definition) is 4. The molecule has 0 saturated heterocycles. The molecule has 0 atom stereocenters. The highest BCUT2D eigenvalue weighted by Crippen LogP contribution is 2.12. The van der Waals surface area contributed by atoms with Gasteiger partial charge in [-0.25, -0.2) is 15.1 Å². The molecular formula is C10H9N3O4. The van der Waals surface area contributed by atoms with Crippen molar-refractivity contribution < 1.29 is 19.5 Å². The number of carbonyl (C=O) groups excluding carboxylic acids is 1. The molecule has 0 spiro atoms. The van der Waals surface area contributed by atoms with E-state index in [1.807, 2.05) is 11.5 Å².